The molecule has 2 aromatic rings. The van der Waals surface area contributed by atoms with Gasteiger partial charge in [0.15, 0.2) is 11.5 Å². The van der Waals surface area contributed by atoms with E-state index in [1.165, 1.54) is 0 Å². The predicted molar refractivity (Wildman–Crippen MR) is 116 cm³/mol. The molecule has 1 amide bonds. The second-order valence-electron chi connectivity index (χ2n) is 8.49. The normalized spacial score (nSPS) is 18.2. The molecule has 2 aliphatic heterocycles. The maximum Gasteiger partial charge on any atom is 0.340 e. The molecule has 3 heterocycles. The van der Waals surface area contributed by atoms with Gasteiger partial charge >= 0.3 is 5.97 Å². The number of aromatic amines is 1. The fourth-order valence-electron chi connectivity index (χ4n) is 4.43. The third-order valence-electron chi connectivity index (χ3n) is 5.87. The van der Waals surface area contributed by atoms with Crippen LogP contribution in [0.15, 0.2) is 18.2 Å². The van der Waals surface area contributed by atoms with Crippen LogP contribution in [0.5, 0.6) is 11.5 Å². The summed E-state index contributed by atoms with van der Waals surface area (Å²) in [6, 6.07) is 5.90. The summed E-state index contributed by atoms with van der Waals surface area (Å²) in [5, 5.41) is 0. The average Bonchev–Trinajstić information content (AvgIpc) is 3.23. The van der Waals surface area contributed by atoms with Crippen LogP contribution in [0.2, 0.25) is 0 Å². The number of fused-ring (bicyclic) bond motifs is 1. The first-order valence-electron chi connectivity index (χ1n) is 11.0. The van der Waals surface area contributed by atoms with Gasteiger partial charge in [0, 0.05) is 18.7 Å². The minimum absolute atomic E-state index is 0.0428. The first kappa shape index (κ1) is 21.3. The van der Waals surface area contributed by atoms with E-state index in [2.05, 4.69) is 4.98 Å². The van der Waals surface area contributed by atoms with Crippen molar-refractivity contribution in [1.29, 1.82) is 0 Å². The van der Waals surface area contributed by atoms with Crippen molar-refractivity contribution >= 4 is 11.9 Å². The van der Waals surface area contributed by atoms with Crippen LogP contribution in [-0.4, -0.2) is 47.6 Å². The Hall–Kier alpha value is -2.96. The number of hydrogen-bond donors (Lipinski definition) is 1. The van der Waals surface area contributed by atoms with E-state index in [-0.39, 0.29) is 18.1 Å². The summed E-state index contributed by atoms with van der Waals surface area (Å²) in [6.45, 7) is 9.16. The molecule has 1 aromatic carbocycles. The molecule has 31 heavy (non-hydrogen) atoms. The molecule has 0 spiro atoms. The molecule has 0 saturated carbocycles. The summed E-state index contributed by atoms with van der Waals surface area (Å²) in [7, 11) is 0. The number of nitrogens with one attached hydrogen (secondary N) is 1. The van der Waals surface area contributed by atoms with Gasteiger partial charge in [0.1, 0.15) is 5.69 Å². The molecule has 7 heteroatoms. The summed E-state index contributed by atoms with van der Waals surface area (Å²) in [5.41, 5.74) is 3.23. The maximum atomic E-state index is 13.5. The van der Waals surface area contributed by atoms with Crippen molar-refractivity contribution in [2.75, 3.05) is 19.8 Å². The third kappa shape index (κ3) is 4.13. The molecule has 4 rings (SSSR count). The molecule has 1 saturated heterocycles. The molecule has 1 fully saturated rings. The molecule has 1 atom stereocenters. The monoisotopic (exact) mass is 426 g/mol. The van der Waals surface area contributed by atoms with Gasteiger partial charge in [0.25, 0.3) is 5.91 Å². The van der Waals surface area contributed by atoms with Gasteiger partial charge in [-0.25, -0.2) is 4.79 Å². The van der Waals surface area contributed by atoms with E-state index in [0.717, 1.165) is 36.3 Å². The zero-order valence-electron chi connectivity index (χ0n) is 18.6. The molecule has 0 radical (unpaired) electrons. The Kier molecular flexibility index (Phi) is 5.94. The Morgan fingerprint density at radius 1 is 1.13 bits per heavy atom. The molecular weight excluding hydrogens is 396 g/mol. The number of carbonyl (C=O) groups is 2. The Labute approximate surface area is 182 Å². The number of amides is 1. The lowest BCUT2D eigenvalue weighted by molar-refractivity contribution is 0.0376. The van der Waals surface area contributed by atoms with Crippen LogP contribution in [-0.2, 0) is 4.74 Å². The fraction of sp³-hybridized carbons (Fsp3) is 0.500. The van der Waals surface area contributed by atoms with Gasteiger partial charge in [-0.05, 0) is 63.8 Å². The van der Waals surface area contributed by atoms with Crippen molar-refractivity contribution < 1.29 is 23.8 Å². The molecule has 0 unspecified atom stereocenters. The predicted octanol–water partition coefficient (Wildman–Crippen LogP) is 4.34. The highest BCUT2D eigenvalue weighted by Crippen LogP contribution is 2.39. The number of nitrogens with zero attached hydrogens (tertiary/aromatic N) is 1. The Morgan fingerprint density at radius 3 is 2.61 bits per heavy atom. The molecule has 1 aromatic heterocycles. The van der Waals surface area contributed by atoms with Crippen molar-refractivity contribution in [3.63, 3.8) is 0 Å². The number of H-pyrrole nitrogens is 1. The number of carbonyl (C=O) groups excluding carboxylic acids is 2. The average molecular weight is 427 g/mol. The lowest BCUT2D eigenvalue weighted by atomic mass is 10.0. The molecule has 7 nitrogen and oxygen atoms in total. The lowest BCUT2D eigenvalue weighted by Crippen LogP contribution is -2.31. The van der Waals surface area contributed by atoms with Crippen LogP contribution < -0.4 is 9.47 Å². The summed E-state index contributed by atoms with van der Waals surface area (Å²) >= 11 is 0. The first-order valence-corrected chi connectivity index (χ1v) is 11.0. The largest absolute Gasteiger partial charge is 0.490 e. The first-order chi connectivity index (χ1) is 14.9. The number of esters is 1. The quantitative estimate of drug-likeness (QED) is 0.736. The number of aryl methyl sites for hydroxylation is 1. The molecule has 2 aliphatic rings. The van der Waals surface area contributed by atoms with Crippen LogP contribution in [0.25, 0.3) is 0 Å². The van der Waals surface area contributed by atoms with Crippen LogP contribution in [0.1, 0.15) is 76.8 Å². The molecule has 1 N–H and O–H groups in total. The standard InChI is InChI=1S/C24H30N2O5/c1-14(2)31-24(28)21-15(3)22(25-16(21)4)23(27)26-10-5-7-18(26)17-8-9-19-20(13-17)30-12-6-11-29-19/h8-9,13-14,18,25H,5-7,10-12H2,1-4H3/t18-/m1/s1. The van der Waals surface area contributed by atoms with Crippen LogP contribution in [0, 0.1) is 13.8 Å². The minimum atomic E-state index is -0.402. The maximum absolute atomic E-state index is 13.5. The zero-order valence-corrected chi connectivity index (χ0v) is 18.6. The molecule has 166 valence electrons. The zero-order chi connectivity index (χ0) is 22.1. The highest BCUT2D eigenvalue weighted by Gasteiger charge is 2.34. The summed E-state index contributed by atoms with van der Waals surface area (Å²) in [4.78, 5) is 31.0. The van der Waals surface area contributed by atoms with Crippen molar-refractivity contribution in [2.45, 2.75) is 59.1 Å². The molecule has 0 bridgehead atoms. The van der Waals surface area contributed by atoms with E-state index >= 15 is 0 Å². The second kappa shape index (κ2) is 8.65. The highest BCUT2D eigenvalue weighted by atomic mass is 16.5. The van der Waals surface area contributed by atoms with Gasteiger partial charge in [-0.1, -0.05) is 6.07 Å². The van der Waals surface area contributed by atoms with Crippen molar-refractivity contribution in [1.82, 2.24) is 9.88 Å². The summed E-state index contributed by atoms with van der Waals surface area (Å²) < 4.78 is 16.9. The molecular formula is C24H30N2O5. The van der Waals surface area contributed by atoms with Gasteiger partial charge in [-0.2, -0.15) is 0 Å². The molecule has 0 aliphatic carbocycles. The van der Waals surface area contributed by atoms with E-state index in [1.54, 1.807) is 13.8 Å². The third-order valence-corrected chi connectivity index (χ3v) is 5.87. The topological polar surface area (TPSA) is 80.9 Å². The van der Waals surface area contributed by atoms with E-state index in [9.17, 15) is 9.59 Å². The highest BCUT2D eigenvalue weighted by molar-refractivity contribution is 6.00. The van der Waals surface area contributed by atoms with E-state index < -0.39 is 5.97 Å². The Balaban J connectivity index is 1.60. The van der Waals surface area contributed by atoms with Gasteiger partial charge < -0.3 is 24.1 Å². The van der Waals surface area contributed by atoms with Crippen LogP contribution in [0.4, 0.5) is 0 Å². The number of rotatable bonds is 4. The second-order valence-corrected chi connectivity index (χ2v) is 8.49. The van der Waals surface area contributed by atoms with E-state index in [1.807, 2.05) is 36.9 Å². The Morgan fingerprint density at radius 2 is 1.87 bits per heavy atom. The van der Waals surface area contributed by atoms with Gasteiger partial charge in [0.05, 0.1) is 30.9 Å². The number of hydrogen-bond acceptors (Lipinski definition) is 5. The lowest BCUT2D eigenvalue weighted by Gasteiger charge is -2.25. The van der Waals surface area contributed by atoms with Crippen molar-refractivity contribution in [3.8, 4) is 11.5 Å². The van der Waals surface area contributed by atoms with Gasteiger partial charge in [-0.15, -0.1) is 0 Å². The van der Waals surface area contributed by atoms with E-state index in [4.69, 9.17) is 14.2 Å². The van der Waals surface area contributed by atoms with Crippen molar-refractivity contribution in [2.24, 2.45) is 0 Å². The smallest absolute Gasteiger partial charge is 0.340 e. The summed E-state index contributed by atoms with van der Waals surface area (Å²) in [5.74, 6) is 0.987. The SMILES string of the molecule is Cc1[nH]c(C(=O)N2CCC[C@@H]2c2ccc3c(c2)OCCCO3)c(C)c1C(=O)OC(C)C. The fourth-order valence-corrected chi connectivity index (χ4v) is 4.43. The summed E-state index contributed by atoms with van der Waals surface area (Å²) in [6.07, 6.45) is 2.44. The number of ether oxygens (including phenoxy) is 3. The van der Waals surface area contributed by atoms with Gasteiger partial charge in [0.2, 0.25) is 0 Å². The number of aromatic nitrogens is 1. The van der Waals surface area contributed by atoms with Crippen LogP contribution in [0.3, 0.4) is 0 Å². The van der Waals surface area contributed by atoms with Gasteiger partial charge in [-0.3, -0.25) is 4.79 Å². The Bertz CT molecular complexity index is 994. The van der Waals surface area contributed by atoms with Crippen molar-refractivity contribution in [3.05, 3.63) is 46.3 Å². The van der Waals surface area contributed by atoms with E-state index in [0.29, 0.717) is 42.3 Å². The minimum Gasteiger partial charge on any atom is -0.490 e. The number of likely N-dealkylation sites (tertiary alicyclic amines) is 1. The van der Waals surface area contributed by atoms with Crippen LogP contribution >= 0.6 is 0 Å². The number of benzene rings is 1.